The molecule has 0 radical (unpaired) electrons. The van der Waals surface area contributed by atoms with Crippen molar-refractivity contribution in [3.05, 3.63) is 86.0 Å². The predicted molar refractivity (Wildman–Crippen MR) is 450 cm³/mol. The molecule has 2 nitrogen and oxygen atoms in total. The molecule has 0 bridgehead atoms. The number of unbranched alkanes of at least 4 members (excludes halogenated alkanes) is 54. The van der Waals surface area contributed by atoms with Gasteiger partial charge in [-0.1, -0.05) is 281 Å². The molecule has 2 aromatic carbocycles. The second kappa shape index (κ2) is 71.3. The number of benzene rings is 2. The topological polar surface area (TPSA) is 25.3 Å². The van der Waals surface area contributed by atoms with Gasteiger partial charge >= 0.3 is 166 Å². The van der Waals surface area contributed by atoms with Crippen molar-refractivity contribution in [3.8, 4) is 0 Å². The van der Waals surface area contributed by atoms with Gasteiger partial charge in [0.15, 0.2) is 0 Å². The van der Waals surface area contributed by atoms with Crippen molar-refractivity contribution in [2.24, 2.45) is 0 Å². The summed E-state index contributed by atoms with van der Waals surface area (Å²) in [5, 5.41) is 2.87. The zero-order valence-corrected chi connectivity index (χ0v) is 70.5. The van der Waals surface area contributed by atoms with E-state index < -0.39 is 0 Å². The Hall–Kier alpha value is -1.99. The Balaban J connectivity index is 0.000000710. The van der Waals surface area contributed by atoms with E-state index in [2.05, 4.69) is 92.7 Å². The summed E-state index contributed by atoms with van der Waals surface area (Å²) in [7, 11) is 0. The van der Waals surface area contributed by atoms with Gasteiger partial charge in [0.1, 0.15) is 0 Å². The van der Waals surface area contributed by atoms with Crippen LogP contribution in [-0.4, -0.2) is 4.70 Å². The fourth-order valence-corrected chi connectivity index (χ4v) is 17.1. The second-order valence-corrected chi connectivity index (χ2v) is 33.6. The maximum absolute atomic E-state index is 12.6. The Morgan fingerprint density at radius 1 is 0.230 bits per heavy atom. The number of rotatable bonds is 74. The minimum absolute atomic E-state index is 1.00. The SMILES string of the molecule is CCCCCCCCCCCCCCCCCCCC[CH2][Ni][CH2]CCCCCCCCCCCCCCCCCCCC.CCCCCCc1cc(C2=CC(CCCCC)=C(c3cc(CCCCCC)c(CCCCC)c(CCCCCC)c3)[N+]2=[N-])cc(CCCCCC)c1CCCCC. The molecule has 0 saturated carbocycles. The maximum atomic E-state index is 12.6. The van der Waals surface area contributed by atoms with Gasteiger partial charge in [0, 0.05) is 22.8 Å². The molecule has 0 aromatic heterocycles. The van der Waals surface area contributed by atoms with Gasteiger partial charge in [-0.2, -0.15) is 0 Å². The summed E-state index contributed by atoms with van der Waals surface area (Å²) in [6.07, 6.45) is 98.5. The van der Waals surface area contributed by atoms with Crippen LogP contribution in [0.1, 0.15) is 518 Å². The molecule has 100 heavy (non-hydrogen) atoms. The van der Waals surface area contributed by atoms with Crippen LogP contribution in [0.2, 0.25) is 10.8 Å². The van der Waals surface area contributed by atoms with E-state index in [0.29, 0.717) is 0 Å². The summed E-state index contributed by atoms with van der Waals surface area (Å²) < 4.78 is 1.66. The quantitative estimate of drug-likeness (QED) is 0.0358. The van der Waals surface area contributed by atoms with E-state index >= 15 is 0 Å². The number of allylic oxidation sites excluding steroid dienone is 2. The van der Waals surface area contributed by atoms with Crippen molar-refractivity contribution in [2.75, 3.05) is 0 Å². The van der Waals surface area contributed by atoms with Gasteiger partial charge < -0.3 is 5.53 Å². The van der Waals surface area contributed by atoms with Crippen LogP contribution >= 0.6 is 0 Å². The molecule has 0 unspecified atom stereocenters. The second-order valence-electron chi connectivity index (χ2n) is 32.1. The van der Waals surface area contributed by atoms with Gasteiger partial charge in [-0.3, -0.25) is 0 Å². The number of nitrogens with zero attached hydrogens (tertiary/aromatic N) is 2. The first-order chi connectivity index (χ1) is 49.4. The summed E-state index contributed by atoms with van der Waals surface area (Å²) in [5.41, 5.74) is 28.0. The average molecular weight is 1430 g/mol. The number of aryl methyl sites for hydroxylation is 4. The molecule has 1 aliphatic rings. The van der Waals surface area contributed by atoms with Crippen LogP contribution in [-0.2, 0) is 53.0 Å². The third kappa shape index (κ3) is 49.0. The van der Waals surface area contributed by atoms with Crippen molar-refractivity contribution in [2.45, 2.75) is 523 Å². The van der Waals surface area contributed by atoms with Crippen LogP contribution in [0.15, 0.2) is 35.9 Å². The minimum atomic E-state index is 1.00. The van der Waals surface area contributed by atoms with Gasteiger partial charge in [-0.25, -0.2) is 4.70 Å². The van der Waals surface area contributed by atoms with E-state index in [1.165, 1.54) is 438 Å². The summed E-state index contributed by atoms with van der Waals surface area (Å²) in [4.78, 5) is 0. The third-order valence-electron chi connectivity index (χ3n) is 22.5. The van der Waals surface area contributed by atoms with E-state index in [4.69, 9.17) is 0 Å². The third-order valence-corrected chi connectivity index (χ3v) is 23.9. The number of hydrogen-bond acceptors (Lipinski definition) is 0. The molecule has 584 valence electrons. The molecule has 0 fully saturated rings. The molecule has 3 rings (SSSR count). The van der Waals surface area contributed by atoms with Crippen LogP contribution in [0, 0.1) is 0 Å². The molecule has 3 heteroatoms. The Labute approximate surface area is 635 Å². The van der Waals surface area contributed by atoms with Crippen molar-refractivity contribution >= 4 is 11.4 Å². The molecule has 0 amide bonds. The molecule has 0 saturated heterocycles. The van der Waals surface area contributed by atoms with Gasteiger partial charge in [-0.15, -0.1) is 0 Å². The molecule has 0 atom stereocenters. The zero-order chi connectivity index (χ0) is 72.1. The minimum Gasteiger partial charge on any atom is -0.493 e. The molecule has 0 aliphatic carbocycles. The smallest absolute Gasteiger partial charge is 0.493 e. The van der Waals surface area contributed by atoms with Gasteiger partial charge in [0.2, 0.25) is 11.4 Å². The predicted octanol–water partition coefficient (Wildman–Crippen LogP) is 34.8. The van der Waals surface area contributed by atoms with Crippen LogP contribution < -0.4 is 0 Å². The fraction of sp³-hybridized carbons (Fsp3) is 0.835. The Morgan fingerprint density at radius 3 is 0.690 bits per heavy atom. The Bertz CT molecular complexity index is 2090. The molecule has 1 heterocycles. The molecule has 1 aliphatic heterocycles. The first-order valence-electron chi connectivity index (χ1n) is 46.1. The van der Waals surface area contributed by atoms with E-state index in [9.17, 15) is 5.53 Å². The van der Waals surface area contributed by atoms with Gasteiger partial charge in [0.05, 0.1) is 0 Å². The van der Waals surface area contributed by atoms with Crippen LogP contribution in [0.4, 0.5) is 0 Å². The standard InChI is InChI=1S/C55H90N2.2C21H43.Ni/c1-8-15-22-29-33-45-40-50(41-46(34-30-23-16-9-2)52(45)38-27-20-13-6)54-44-49(37-26-19-12-5)55(57(54)56)51-42-47(35-31-24-17-10-3)53(39-28-21-14-7)48(43-51)36-32-25-18-11-4;2*1-3-5-7-9-11-13-15-17-19-21-20-18-16-14-12-10-8-6-4-2;/h40-44H,8-39H2,1-7H3;2*1,3-21H2,2H3;. The fourth-order valence-electron chi connectivity index (χ4n) is 15.9. The van der Waals surface area contributed by atoms with Crippen molar-refractivity contribution in [1.82, 2.24) is 0 Å². The van der Waals surface area contributed by atoms with Crippen molar-refractivity contribution in [1.29, 1.82) is 0 Å². The number of hydrogen-bond donors (Lipinski definition) is 0. The summed E-state index contributed by atoms with van der Waals surface area (Å²) >= 11 is 2.05. The first kappa shape index (κ1) is 94.1. The average Bonchev–Trinajstić information content (AvgIpc) is 1.58. The van der Waals surface area contributed by atoms with Gasteiger partial charge in [-0.05, 0) is 148 Å². The summed E-state index contributed by atoms with van der Waals surface area (Å²) in [6, 6.07) is 10.1. The van der Waals surface area contributed by atoms with E-state index in [-0.39, 0.29) is 0 Å². The Kier molecular flexibility index (Phi) is 67.1. The van der Waals surface area contributed by atoms with Crippen LogP contribution in [0.3, 0.4) is 0 Å². The first-order valence-corrected chi connectivity index (χ1v) is 47.5. The van der Waals surface area contributed by atoms with Crippen molar-refractivity contribution in [3.63, 3.8) is 0 Å². The zero-order valence-electron chi connectivity index (χ0n) is 69.5. The summed E-state index contributed by atoms with van der Waals surface area (Å²) in [5.74, 6) is 0. The molecule has 0 spiro atoms. The van der Waals surface area contributed by atoms with Crippen LogP contribution in [0.5, 0.6) is 0 Å². The molecular formula is C97H176N2Ni. The molecule has 0 N–H and O–H groups in total. The van der Waals surface area contributed by atoms with Gasteiger partial charge in [0.25, 0.3) is 0 Å². The van der Waals surface area contributed by atoms with E-state index in [1.807, 2.05) is 14.4 Å². The monoisotopic (exact) mass is 1430 g/mol. The van der Waals surface area contributed by atoms with Crippen molar-refractivity contribution < 1.29 is 19.1 Å². The van der Waals surface area contributed by atoms with E-state index in [1.54, 1.807) is 38.1 Å². The Morgan fingerprint density at radius 2 is 0.430 bits per heavy atom. The van der Waals surface area contributed by atoms with Crippen LogP contribution in [0.25, 0.3) is 16.9 Å². The van der Waals surface area contributed by atoms with E-state index in [0.717, 1.165) is 49.9 Å². The molecular weight excluding hydrogens is 1250 g/mol. The normalized spacial score (nSPS) is 12.4. The molecule has 2 aromatic rings. The summed E-state index contributed by atoms with van der Waals surface area (Å²) in [6.45, 7) is 20.9.